The first-order valence-electron chi connectivity index (χ1n) is 10.4. The van der Waals surface area contributed by atoms with Crippen LogP contribution in [0.25, 0.3) is 11.0 Å². The van der Waals surface area contributed by atoms with Gasteiger partial charge in [-0.05, 0) is 79.1 Å². The van der Waals surface area contributed by atoms with E-state index >= 15 is 0 Å². The molecule has 1 saturated carbocycles. The lowest BCUT2D eigenvalue weighted by atomic mass is 9.95. The smallest absolute Gasteiger partial charge is 0.130 e. The molecule has 0 radical (unpaired) electrons. The number of aromatic amines is 1. The van der Waals surface area contributed by atoms with Crippen molar-refractivity contribution < 1.29 is 0 Å². The van der Waals surface area contributed by atoms with Crippen molar-refractivity contribution in [3.63, 3.8) is 0 Å². The number of aromatic nitrogens is 2. The second-order valence-corrected chi connectivity index (χ2v) is 8.63. The molecule has 1 aliphatic carbocycles. The van der Waals surface area contributed by atoms with Crippen molar-refractivity contribution in [1.29, 1.82) is 0 Å². The lowest BCUT2D eigenvalue weighted by Gasteiger charge is -2.13. The van der Waals surface area contributed by atoms with Crippen molar-refractivity contribution in [1.82, 2.24) is 9.97 Å². The van der Waals surface area contributed by atoms with Crippen molar-refractivity contribution >= 4 is 16.9 Å². The maximum atomic E-state index is 6.27. The molecule has 4 nitrogen and oxygen atoms in total. The molecular formula is C25H30N4. The highest BCUT2D eigenvalue weighted by Crippen LogP contribution is 2.36. The van der Waals surface area contributed by atoms with E-state index in [0.717, 1.165) is 34.4 Å². The Balaban J connectivity index is 1.63. The van der Waals surface area contributed by atoms with Gasteiger partial charge in [-0.15, -0.1) is 0 Å². The Morgan fingerprint density at radius 3 is 2.55 bits per heavy atom. The van der Waals surface area contributed by atoms with Crippen LogP contribution in [0.5, 0.6) is 0 Å². The Labute approximate surface area is 173 Å². The quantitative estimate of drug-likeness (QED) is 0.432. The van der Waals surface area contributed by atoms with Crippen molar-refractivity contribution in [2.45, 2.75) is 52.9 Å². The number of hydrogen-bond donors (Lipinski definition) is 2. The van der Waals surface area contributed by atoms with Crippen LogP contribution in [0, 0.1) is 19.8 Å². The summed E-state index contributed by atoms with van der Waals surface area (Å²) < 4.78 is 0. The molecule has 2 heterocycles. The van der Waals surface area contributed by atoms with Crippen LogP contribution in [0.1, 0.15) is 66.1 Å². The molecule has 2 aromatic heterocycles. The van der Waals surface area contributed by atoms with E-state index in [1.165, 1.54) is 35.1 Å². The Morgan fingerprint density at radius 1 is 1.24 bits per heavy atom. The minimum Gasteiger partial charge on any atom is -0.383 e. The molecule has 29 heavy (non-hydrogen) atoms. The minimum absolute atomic E-state index is 0.446. The monoisotopic (exact) mass is 386 g/mol. The third-order valence-corrected chi connectivity index (χ3v) is 5.89. The third-order valence-electron chi connectivity index (χ3n) is 5.89. The van der Waals surface area contributed by atoms with Gasteiger partial charge in [0.05, 0.1) is 11.0 Å². The first-order valence-corrected chi connectivity index (χ1v) is 10.4. The summed E-state index contributed by atoms with van der Waals surface area (Å²) in [4.78, 5) is 12.8. The summed E-state index contributed by atoms with van der Waals surface area (Å²) >= 11 is 0. The predicted octanol–water partition coefficient (Wildman–Crippen LogP) is 5.52. The lowest BCUT2D eigenvalue weighted by molar-refractivity contribution is 0.871. The van der Waals surface area contributed by atoms with Crippen LogP contribution in [0.3, 0.4) is 0 Å². The average Bonchev–Trinajstić information content (AvgIpc) is 3.43. The number of amidine groups is 1. The molecule has 4 rings (SSSR count). The molecule has 0 unspecified atom stereocenters. The van der Waals surface area contributed by atoms with Crippen LogP contribution in [0.4, 0.5) is 0 Å². The number of benzene rings is 1. The van der Waals surface area contributed by atoms with E-state index in [9.17, 15) is 0 Å². The zero-order valence-corrected chi connectivity index (χ0v) is 17.8. The van der Waals surface area contributed by atoms with Crippen molar-refractivity contribution in [3.05, 3.63) is 76.2 Å². The maximum Gasteiger partial charge on any atom is 0.130 e. The normalized spacial score (nSPS) is 14.7. The van der Waals surface area contributed by atoms with Crippen molar-refractivity contribution in [2.24, 2.45) is 16.6 Å². The van der Waals surface area contributed by atoms with E-state index in [4.69, 9.17) is 10.7 Å². The highest BCUT2D eigenvalue weighted by molar-refractivity contribution is 5.98. The Hall–Kier alpha value is -2.88. The summed E-state index contributed by atoms with van der Waals surface area (Å²) in [5.41, 5.74) is 16.4. The van der Waals surface area contributed by atoms with Gasteiger partial charge in [0.25, 0.3) is 0 Å². The largest absolute Gasteiger partial charge is 0.383 e. The number of rotatable bonds is 6. The first kappa shape index (κ1) is 19.4. The van der Waals surface area contributed by atoms with Gasteiger partial charge in [0, 0.05) is 35.5 Å². The number of nitrogens with zero attached hydrogens (tertiary/aromatic N) is 2. The van der Waals surface area contributed by atoms with Gasteiger partial charge in [-0.25, -0.2) is 4.99 Å². The maximum absolute atomic E-state index is 6.27. The number of nitrogens with one attached hydrogen (secondary N) is 1. The average molecular weight is 387 g/mol. The number of aliphatic imine (C=N–C) groups is 1. The molecule has 0 spiro atoms. The second-order valence-electron chi connectivity index (χ2n) is 8.63. The van der Waals surface area contributed by atoms with E-state index in [1.807, 2.05) is 0 Å². The minimum atomic E-state index is 0.446. The highest BCUT2D eigenvalue weighted by atomic mass is 14.9. The number of aryl methyl sites for hydroxylation is 2. The van der Waals surface area contributed by atoms with E-state index in [2.05, 4.69) is 74.7 Å². The van der Waals surface area contributed by atoms with Crippen LogP contribution in [0.2, 0.25) is 0 Å². The highest BCUT2D eigenvalue weighted by Gasteiger charge is 2.24. The fraction of sp³-hybridized carbons (Fsp3) is 0.360. The molecule has 3 N–H and O–H groups in total. The van der Waals surface area contributed by atoms with Gasteiger partial charge in [0.2, 0.25) is 0 Å². The topological polar surface area (TPSA) is 67.1 Å². The van der Waals surface area contributed by atoms with Crippen LogP contribution >= 0.6 is 0 Å². The second kappa shape index (κ2) is 7.51. The Kier molecular flexibility index (Phi) is 5.03. The molecule has 0 atom stereocenters. The van der Waals surface area contributed by atoms with Gasteiger partial charge in [-0.1, -0.05) is 20.4 Å². The first-order chi connectivity index (χ1) is 13.8. The third kappa shape index (κ3) is 3.98. The van der Waals surface area contributed by atoms with Crippen molar-refractivity contribution in [2.75, 3.05) is 0 Å². The van der Waals surface area contributed by atoms with Gasteiger partial charge in [0.15, 0.2) is 0 Å². The molecule has 0 amide bonds. The Morgan fingerprint density at radius 2 is 1.93 bits per heavy atom. The van der Waals surface area contributed by atoms with E-state index in [0.29, 0.717) is 17.7 Å². The lowest BCUT2D eigenvalue weighted by Crippen LogP contribution is -2.15. The van der Waals surface area contributed by atoms with Gasteiger partial charge >= 0.3 is 0 Å². The molecule has 1 aliphatic rings. The molecule has 3 aromatic rings. The summed E-state index contributed by atoms with van der Waals surface area (Å²) in [6.07, 6.45) is 5.25. The summed E-state index contributed by atoms with van der Waals surface area (Å²) in [6, 6.07) is 8.52. The van der Waals surface area contributed by atoms with E-state index in [-0.39, 0.29) is 0 Å². The summed E-state index contributed by atoms with van der Waals surface area (Å²) in [7, 11) is 0. The molecule has 0 saturated heterocycles. The summed E-state index contributed by atoms with van der Waals surface area (Å²) in [6.45, 7) is 12.8. The fourth-order valence-corrected chi connectivity index (χ4v) is 3.93. The molecule has 0 bridgehead atoms. The molecule has 1 fully saturated rings. The molecular weight excluding hydrogens is 356 g/mol. The van der Waals surface area contributed by atoms with E-state index in [1.54, 1.807) is 0 Å². The zero-order chi connectivity index (χ0) is 20.7. The van der Waals surface area contributed by atoms with Crippen LogP contribution in [0.15, 0.2) is 47.7 Å². The SMILES string of the molecule is C=C(N=C(N)c1cc(C)c(Cc2ccc3[nH]cc(C(C)C)c3n2)c(C)c1)C1CC1. The van der Waals surface area contributed by atoms with Gasteiger partial charge in [-0.2, -0.15) is 0 Å². The number of pyridine rings is 1. The van der Waals surface area contributed by atoms with Gasteiger partial charge < -0.3 is 10.7 Å². The van der Waals surface area contributed by atoms with Gasteiger partial charge in [0.1, 0.15) is 5.84 Å². The number of fused-ring (bicyclic) bond motifs is 1. The predicted molar refractivity (Wildman–Crippen MR) is 121 cm³/mol. The molecule has 150 valence electrons. The van der Waals surface area contributed by atoms with Crippen molar-refractivity contribution in [3.8, 4) is 0 Å². The van der Waals surface area contributed by atoms with Crippen LogP contribution in [-0.2, 0) is 6.42 Å². The summed E-state index contributed by atoms with van der Waals surface area (Å²) in [5, 5.41) is 0. The number of hydrogen-bond acceptors (Lipinski definition) is 2. The Bertz CT molecular complexity index is 1090. The summed E-state index contributed by atoms with van der Waals surface area (Å²) in [5.74, 6) is 1.54. The number of H-pyrrole nitrogens is 1. The molecule has 0 aliphatic heterocycles. The van der Waals surface area contributed by atoms with Crippen LogP contribution in [-0.4, -0.2) is 15.8 Å². The van der Waals surface area contributed by atoms with Crippen LogP contribution < -0.4 is 5.73 Å². The van der Waals surface area contributed by atoms with E-state index < -0.39 is 0 Å². The molecule has 1 aromatic carbocycles. The molecule has 4 heteroatoms. The fourth-order valence-electron chi connectivity index (χ4n) is 3.93. The number of allylic oxidation sites excluding steroid dienone is 1. The van der Waals surface area contributed by atoms with Gasteiger partial charge in [-0.3, -0.25) is 4.98 Å². The zero-order valence-electron chi connectivity index (χ0n) is 17.8. The number of nitrogens with two attached hydrogens (primary N) is 1. The standard InChI is InChI=1S/C25H30N4/c1-14(2)22-13-27-23-9-8-20(29-24(22)23)12-21-15(3)10-19(11-16(21)4)25(26)28-17(5)18-6-7-18/h8-11,13-14,18,27H,5-7,12H2,1-4H3,(H2,26,28).